The number of carbonyl (C=O) groups is 1. The lowest BCUT2D eigenvalue weighted by Crippen LogP contribution is -2.50. The Balaban J connectivity index is 2.68. The second kappa shape index (κ2) is 4.89. The predicted octanol–water partition coefficient (Wildman–Crippen LogP) is 2.90. The summed E-state index contributed by atoms with van der Waals surface area (Å²) in [5, 5.41) is 0. The number of primary amides is 1. The van der Waals surface area contributed by atoms with E-state index in [-0.39, 0.29) is 17.2 Å². The Labute approximate surface area is 120 Å². The van der Waals surface area contributed by atoms with Crippen LogP contribution >= 0.6 is 0 Å². The first-order chi connectivity index (χ1) is 9.29. The molecule has 0 saturated heterocycles. The van der Waals surface area contributed by atoms with Crippen LogP contribution in [0.5, 0.6) is 0 Å². The number of hydrogen-bond donors (Lipinski definition) is 1. The summed E-state index contributed by atoms with van der Waals surface area (Å²) in [6.45, 7) is 8.35. The second-order valence-electron chi connectivity index (χ2n) is 6.43. The summed E-state index contributed by atoms with van der Waals surface area (Å²) in [4.78, 5) is 16.4. The molecule has 20 heavy (non-hydrogen) atoms. The van der Waals surface area contributed by atoms with Gasteiger partial charge in [0, 0.05) is 17.3 Å². The maximum atomic E-state index is 12.0. The van der Waals surface area contributed by atoms with E-state index in [1.165, 1.54) is 0 Å². The van der Waals surface area contributed by atoms with Crippen LogP contribution in [0.15, 0.2) is 42.6 Å². The van der Waals surface area contributed by atoms with E-state index in [0.29, 0.717) is 0 Å². The third-order valence-electron chi connectivity index (χ3n) is 4.20. The van der Waals surface area contributed by atoms with E-state index < -0.39 is 5.41 Å². The van der Waals surface area contributed by atoms with Gasteiger partial charge in [0.2, 0.25) is 5.91 Å². The van der Waals surface area contributed by atoms with E-state index >= 15 is 0 Å². The molecule has 1 amide bonds. The quantitative estimate of drug-likeness (QED) is 0.898. The van der Waals surface area contributed by atoms with Crippen LogP contribution in [0.1, 0.15) is 32.0 Å². The molecule has 1 aromatic heterocycles. The normalized spacial score (nSPS) is 25.7. The summed E-state index contributed by atoms with van der Waals surface area (Å²) in [6.07, 6.45) is 9.73. The molecule has 2 unspecified atom stereocenters. The number of nitrogens with zero attached hydrogens (tertiary/aromatic N) is 1. The summed E-state index contributed by atoms with van der Waals surface area (Å²) in [6, 6.07) is 4.03. The van der Waals surface area contributed by atoms with Crippen molar-refractivity contribution in [3.8, 4) is 0 Å². The first kappa shape index (κ1) is 14.5. The molecule has 106 valence electrons. The van der Waals surface area contributed by atoms with Gasteiger partial charge in [0.15, 0.2) is 0 Å². The number of allylic oxidation sites excluding steroid dienone is 3. The third kappa shape index (κ3) is 2.17. The SMILES string of the molecule is Cc1ccc(C2(C(C)(C)C)C=CC=CC2C(N)=O)cn1. The van der Waals surface area contributed by atoms with Crippen molar-refractivity contribution in [2.24, 2.45) is 17.1 Å². The van der Waals surface area contributed by atoms with Crippen molar-refractivity contribution in [2.75, 3.05) is 0 Å². The molecule has 2 N–H and O–H groups in total. The third-order valence-corrected chi connectivity index (χ3v) is 4.20. The number of rotatable bonds is 2. The summed E-state index contributed by atoms with van der Waals surface area (Å²) in [7, 11) is 0. The largest absolute Gasteiger partial charge is 0.369 e. The van der Waals surface area contributed by atoms with Crippen molar-refractivity contribution < 1.29 is 4.79 Å². The van der Waals surface area contributed by atoms with Gasteiger partial charge in [-0.25, -0.2) is 0 Å². The molecular formula is C17H22N2O. The lowest BCUT2D eigenvalue weighted by molar-refractivity contribution is -0.123. The minimum absolute atomic E-state index is 0.162. The Bertz CT molecular complexity index is 564. The molecule has 0 aromatic carbocycles. The van der Waals surface area contributed by atoms with Crippen molar-refractivity contribution in [3.05, 3.63) is 53.9 Å². The Morgan fingerprint density at radius 2 is 2.00 bits per heavy atom. The number of amides is 1. The molecular weight excluding hydrogens is 248 g/mol. The van der Waals surface area contributed by atoms with E-state index in [1.54, 1.807) is 0 Å². The monoisotopic (exact) mass is 270 g/mol. The van der Waals surface area contributed by atoms with Gasteiger partial charge in [-0.2, -0.15) is 0 Å². The first-order valence-electron chi connectivity index (χ1n) is 6.87. The van der Waals surface area contributed by atoms with Crippen molar-refractivity contribution in [3.63, 3.8) is 0 Å². The maximum absolute atomic E-state index is 12.0. The average molecular weight is 270 g/mol. The molecule has 0 saturated carbocycles. The number of aryl methyl sites for hydroxylation is 1. The van der Waals surface area contributed by atoms with Gasteiger partial charge in [0.1, 0.15) is 0 Å². The fourth-order valence-electron chi connectivity index (χ4n) is 3.10. The molecule has 0 radical (unpaired) electrons. The molecule has 2 atom stereocenters. The number of hydrogen-bond acceptors (Lipinski definition) is 2. The number of carbonyl (C=O) groups excluding carboxylic acids is 1. The first-order valence-corrected chi connectivity index (χ1v) is 6.87. The second-order valence-corrected chi connectivity index (χ2v) is 6.43. The average Bonchev–Trinajstić information content (AvgIpc) is 2.38. The molecule has 1 heterocycles. The van der Waals surface area contributed by atoms with E-state index in [1.807, 2.05) is 43.5 Å². The van der Waals surface area contributed by atoms with Crippen molar-refractivity contribution in [1.82, 2.24) is 4.98 Å². The maximum Gasteiger partial charge on any atom is 0.225 e. The highest BCUT2D eigenvalue weighted by atomic mass is 16.1. The van der Waals surface area contributed by atoms with Crippen molar-refractivity contribution >= 4 is 5.91 Å². The highest BCUT2D eigenvalue weighted by Gasteiger charge is 2.49. The molecule has 2 rings (SSSR count). The van der Waals surface area contributed by atoms with Gasteiger partial charge in [-0.05, 0) is 24.0 Å². The molecule has 1 aromatic rings. The molecule has 0 fully saturated rings. The molecule has 0 spiro atoms. The number of aromatic nitrogens is 1. The molecule has 3 nitrogen and oxygen atoms in total. The van der Waals surface area contributed by atoms with Gasteiger partial charge in [0.25, 0.3) is 0 Å². The van der Waals surface area contributed by atoms with Crippen LogP contribution in [-0.2, 0) is 10.2 Å². The van der Waals surface area contributed by atoms with Crippen molar-refractivity contribution in [1.29, 1.82) is 0 Å². The molecule has 3 heteroatoms. The Kier molecular flexibility index (Phi) is 3.55. The van der Waals surface area contributed by atoms with Crippen LogP contribution in [0, 0.1) is 18.3 Å². The van der Waals surface area contributed by atoms with Gasteiger partial charge >= 0.3 is 0 Å². The number of nitrogens with two attached hydrogens (primary N) is 1. The van der Waals surface area contributed by atoms with Gasteiger partial charge < -0.3 is 5.73 Å². The smallest absolute Gasteiger partial charge is 0.225 e. The summed E-state index contributed by atoms with van der Waals surface area (Å²) < 4.78 is 0. The van der Waals surface area contributed by atoms with Crippen LogP contribution in [0.25, 0.3) is 0 Å². The van der Waals surface area contributed by atoms with Crippen LogP contribution in [0.3, 0.4) is 0 Å². The van der Waals surface area contributed by atoms with Gasteiger partial charge in [-0.1, -0.05) is 51.1 Å². The summed E-state index contributed by atoms with van der Waals surface area (Å²) in [5.41, 5.74) is 7.03. The minimum Gasteiger partial charge on any atom is -0.369 e. The zero-order valence-corrected chi connectivity index (χ0v) is 12.6. The fraction of sp³-hybridized carbons (Fsp3) is 0.412. The lowest BCUT2D eigenvalue weighted by Gasteiger charge is -2.47. The molecule has 0 bridgehead atoms. The lowest BCUT2D eigenvalue weighted by atomic mass is 9.55. The Morgan fingerprint density at radius 3 is 2.50 bits per heavy atom. The van der Waals surface area contributed by atoms with Gasteiger partial charge in [-0.15, -0.1) is 0 Å². The Hall–Kier alpha value is -1.90. The van der Waals surface area contributed by atoms with E-state index in [9.17, 15) is 4.79 Å². The van der Waals surface area contributed by atoms with Gasteiger partial charge in [0.05, 0.1) is 5.92 Å². The number of pyridine rings is 1. The van der Waals surface area contributed by atoms with E-state index in [4.69, 9.17) is 5.73 Å². The van der Waals surface area contributed by atoms with Crippen molar-refractivity contribution in [2.45, 2.75) is 33.1 Å². The van der Waals surface area contributed by atoms with E-state index in [2.05, 4.69) is 31.8 Å². The molecule has 1 aliphatic rings. The summed E-state index contributed by atoms with van der Waals surface area (Å²) >= 11 is 0. The van der Waals surface area contributed by atoms with Crippen LogP contribution in [0.2, 0.25) is 0 Å². The zero-order valence-electron chi connectivity index (χ0n) is 12.6. The minimum atomic E-state index is -0.464. The standard InChI is InChI=1S/C17H22N2O/c1-12-8-9-13(11-19-12)17(16(2,3)4)10-6-5-7-14(17)15(18)20/h5-11,14H,1-4H3,(H2,18,20). The Morgan fingerprint density at radius 1 is 1.30 bits per heavy atom. The highest BCUT2D eigenvalue weighted by Crippen LogP contribution is 2.50. The zero-order chi connectivity index (χ0) is 15.0. The highest BCUT2D eigenvalue weighted by molar-refractivity contribution is 5.82. The topological polar surface area (TPSA) is 56.0 Å². The fourth-order valence-corrected chi connectivity index (χ4v) is 3.10. The van der Waals surface area contributed by atoms with Gasteiger partial charge in [-0.3, -0.25) is 9.78 Å². The van der Waals surface area contributed by atoms with E-state index in [0.717, 1.165) is 11.3 Å². The predicted molar refractivity (Wildman–Crippen MR) is 81.1 cm³/mol. The molecule has 0 aliphatic heterocycles. The summed E-state index contributed by atoms with van der Waals surface area (Å²) in [5.74, 6) is -0.668. The van der Waals surface area contributed by atoms with Crippen LogP contribution in [-0.4, -0.2) is 10.9 Å². The molecule has 1 aliphatic carbocycles. The van der Waals surface area contributed by atoms with Crippen LogP contribution < -0.4 is 5.73 Å². The van der Waals surface area contributed by atoms with Crippen LogP contribution in [0.4, 0.5) is 0 Å².